The highest BCUT2D eigenvalue weighted by molar-refractivity contribution is 7.90. The number of sulfone groups is 1. The molecule has 1 aromatic carbocycles. The summed E-state index contributed by atoms with van der Waals surface area (Å²) in [5.41, 5.74) is 1.87. The van der Waals surface area contributed by atoms with Gasteiger partial charge in [-0.1, -0.05) is 18.2 Å². The first-order chi connectivity index (χ1) is 10.4. The standard InChI is InChI=1S/C14H13N3O3S2/c1-21(18)14-15-9-10-7-8-12(17(10)16-14)11-5-3-4-6-13(11)22(2,19)20/h3-9H,1-2H3. The van der Waals surface area contributed by atoms with E-state index in [4.69, 9.17) is 0 Å². The lowest BCUT2D eigenvalue weighted by molar-refractivity contribution is 0.602. The van der Waals surface area contributed by atoms with Crippen LogP contribution in [0.5, 0.6) is 0 Å². The predicted octanol–water partition coefficient (Wildman–Crippen LogP) is 1.54. The Morgan fingerprint density at radius 1 is 1.14 bits per heavy atom. The third kappa shape index (κ3) is 2.55. The van der Waals surface area contributed by atoms with Gasteiger partial charge in [-0.05, 0) is 18.2 Å². The zero-order valence-corrected chi connectivity index (χ0v) is 13.6. The van der Waals surface area contributed by atoms with Crippen molar-refractivity contribution in [1.82, 2.24) is 14.6 Å². The van der Waals surface area contributed by atoms with E-state index in [2.05, 4.69) is 10.1 Å². The molecule has 1 unspecified atom stereocenters. The smallest absolute Gasteiger partial charge is 0.237 e. The molecule has 3 aromatic rings. The molecule has 2 aromatic heterocycles. The molecule has 0 aliphatic rings. The van der Waals surface area contributed by atoms with Crippen LogP contribution < -0.4 is 0 Å². The maximum atomic E-state index is 12.0. The molecular formula is C14H13N3O3S2. The summed E-state index contributed by atoms with van der Waals surface area (Å²) in [6.07, 6.45) is 4.23. The SMILES string of the molecule is CS(=O)c1ncc2ccc(-c3ccccc3S(C)(=O)=O)n2n1. The fourth-order valence-corrected chi connectivity index (χ4v) is 3.52. The van der Waals surface area contributed by atoms with Crippen LogP contribution in [0, 0.1) is 0 Å². The summed E-state index contributed by atoms with van der Waals surface area (Å²) >= 11 is 0. The normalized spacial score (nSPS) is 13.4. The Kier molecular flexibility index (Phi) is 3.57. The van der Waals surface area contributed by atoms with Gasteiger partial charge in [-0.25, -0.2) is 17.9 Å². The molecule has 8 heteroatoms. The molecule has 0 saturated carbocycles. The van der Waals surface area contributed by atoms with Crippen LogP contribution >= 0.6 is 0 Å². The van der Waals surface area contributed by atoms with Gasteiger partial charge in [0.2, 0.25) is 5.16 Å². The molecule has 0 spiro atoms. The average Bonchev–Trinajstić information content (AvgIpc) is 2.89. The van der Waals surface area contributed by atoms with Gasteiger partial charge in [-0.15, -0.1) is 5.10 Å². The van der Waals surface area contributed by atoms with Gasteiger partial charge < -0.3 is 0 Å². The van der Waals surface area contributed by atoms with Crippen molar-refractivity contribution in [3.05, 3.63) is 42.6 Å². The highest BCUT2D eigenvalue weighted by atomic mass is 32.2. The summed E-state index contributed by atoms with van der Waals surface area (Å²) in [5, 5.41) is 4.44. The molecule has 0 bridgehead atoms. The number of nitrogens with zero attached hydrogens (tertiary/aromatic N) is 3. The molecule has 0 radical (unpaired) electrons. The van der Waals surface area contributed by atoms with Crippen molar-refractivity contribution >= 4 is 26.2 Å². The van der Waals surface area contributed by atoms with Gasteiger partial charge in [0.1, 0.15) is 0 Å². The van der Waals surface area contributed by atoms with E-state index in [0.717, 1.165) is 0 Å². The fraction of sp³-hybridized carbons (Fsp3) is 0.143. The van der Waals surface area contributed by atoms with Crippen LogP contribution in [-0.2, 0) is 20.6 Å². The largest absolute Gasteiger partial charge is 0.251 e. The number of hydrogen-bond donors (Lipinski definition) is 0. The highest BCUT2D eigenvalue weighted by Crippen LogP contribution is 2.28. The Labute approximate surface area is 130 Å². The summed E-state index contributed by atoms with van der Waals surface area (Å²) in [4.78, 5) is 4.26. The van der Waals surface area contributed by atoms with Crippen molar-refractivity contribution in [1.29, 1.82) is 0 Å². The van der Waals surface area contributed by atoms with Gasteiger partial charge in [0.15, 0.2) is 9.84 Å². The molecule has 0 fully saturated rings. The molecule has 22 heavy (non-hydrogen) atoms. The van der Waals surface area contributed by atoms with Crippen molar-refractivity contribution in [2.45, 2.75) is 10.1 Å². The molecule has 3 rings (SSSR count). The maximum Gasteiger partial charge on any atom is 0.237 e. The monoisotopic (exact) mass is 335 g/mol. The van der Waals surface area contributed by atoms with Crippen LogP contribution in [-0.4, -0.2) is 39.7 Å². The Hall–Kier alpha value is -2.06. The summed E-state index contributed by atoms with van der Waals surface area (Å²) in [6.45, 7) is 0. The maximum absolute atomic E-state index is 12.0. The minimum atomic E-state index is -3.37. The first-order valence-electron chi connectivity index (χ1n) is 6.35. The number of rotatable bonds is 3. The third-order valence-corrected chi connectivity index (χ3v) is 5.05. The lowest BCUT2D eigenvalue weighted by atomic mass is 10.1. The van der Waals surface area contributed by atoms with Gasteiger partial charge in [0.25, 0.3) is 0 Å². The molecule has 0 aliphatic heterocycles. The average molecular weight is 335 g/mol. The molecule has 0 aliphatic carbocycles. The molecule has 0 amide bonds. The second-order valence-corrected chi connectivity index (χ2v) is 8.08. The summed E-state index contributed by atoms with van der Waals surface area (Å²) < 4.78 is 37.1. The van der Waals surface area contributed by atoms with Crippen LogP contribution in [0.4, 0.5) is 0 Å². The number of aromatic nitrogens is 3. The van der Waals surface area contributed by atoms with E-state index in [1.165, 1.54) is 12.5 Å². The van der Waals surface area contributed by atoms with Gasteiger partial charge in [-0.3, -0.25) is 4.21 Å². The van der Waals surface area contributed by atoms with E-state index >= 15 is 0 Å². The van der Waals surface area contributed by atoms with E-state index in [0.29, 0.717) is 16.8 Å². The lowest BCUT2D eigenvalue weighted by Crippen LogP contribution is -2.05. The Balaban J connectivity index is 2.32. The van der Waals surface area contributed by atoms with Crippen LogP contribution in [0.15, 0.2) is 52.6 Å². The molecule has 6 nitrogen and oxygen atoms in total. The first-order valence-corrected chi connectivity index (χ1v) is 9.80. The molecule has 2 heterocycles. The fourth-order valence-electron chi connectivity index (χ4n) is 2.22. The second-order valence-electron chi connectivity index (χ2n) is 4.82. The van der Waals surface area contributed by atoms with E-state index in [-0.39, 0.29) is 10.1 Å². The number of fused-ring (bicyclic) bond motifs is 1. The summed E-state index contributed by atoms with van der Waals surface area (Å²) in [5.74, 6) is 0. The van der Waals surface area contributed by atoms with Gasteiger partial charge >= 0.3 is 0 Å². The summed E-state index contributed by atoms with van der Waals surface area (Å²) in [6, 6.07) is 10.3. The van der Waals surface area contributed by atoms with Crippen molar-refractivity contribution < 1.29 is 12.6 Å². The van der Waals surface area contributed by atoms with E-state index in [1.807, 2.05) is 0 Å². The molecule has 114 valence electrons. The zero-order valence-electron chi connectivity index (χ0n) is 11.9. The minimum absolute atomic E-state index is 0.196. The number of hydrogen-bond acceptors (Lipinski definition) is 5. The Morgan fingerprint density at radius 3 is 2.55 bits per heavy atom. The van der Waals surface area contributed by atoms with Crippen molar-refractivity contribution in [2.75, 3.05) is 12.5 Å². The first kappa shape index (κ1) is 14.9. The quantitative estimate of drug-likeness (QED) is 0.725. The molecule has 1 atom stereocenters. The van der Waals surface area contributed by atoms with Crippen molar-refractivity contribution in [3.8, 4) is 11.3 Å². The van der Waals surface area contributed by atoms with Crippen LogP contribution in [0.3, 0.4) is 0 Å². The van der Waals surface area contributed by atoms with Crippen molar-refractivity contribution in [3.63, 3.8) is 0 Å². The summed E-state index contributed by atoms with van der Waals surface area (Å²) in [7, 11) is -4.69. The topological polar surface area (TPSA) is 81.4 Å². The molecule has 0 saturated heterocycles. The van der Waals surface area contributed by atoms with E-state index in [1.54, 1.807) is 47.1 Å². The zero-order chi connectivity index (χ0) is 15.9. The van der Waals surface area contributed by atoms with Crippen molar-refractivity contribution in [2.24, 2.45) is 0 Å². The van der Waals surface area contributed by atoms with Gasteiger partial charge in [-0.2, -0.15) is 0 Å². The predicted molar refractivity (Wildman–Crippen MR) is 83.9 cm³/mol. The van der Waals surface area contributed by atoms with Crippen LogP contribution in [0.25, 0.3) is 16.8 Å². The Bertz CT molecular complexity index is 993. The van der Waals surface area contributed by atoms with E-state index < -0.39 is 20.6 Å². The number of benzene rings is 1. The lowest BCUT2D eigenvalue weighted by Gasteiger charge is -2.08. The van der Waals surface area contributed by atoms with E-state index in [9.17, 15) is 12.6 Å². The molecule has 0 N–H and O–H groups in total. The Morgan fingerprint density at radius 2 is 1.86 bits per heavy atom. The van der Waals surface area contributed by atoms with Crippen LogP contribution in [0.2, 0.25) is 0 Å². The highest BCUT2D eigenvalue weighted by Gasteiger charge is 2.17. The third-order valence-electron chi connectivity index (χ3n) is 3.20. The minimum Gasteiger partial charge on any atom is -0.251 e. The van der Waals surface area contributed by atoms with Gasteiger partial charge in [0.05, 0.1) is 33.1 Å². The van der Waals surface area contributed by atoms with Gasteiger partial charge in [0, 0.05) is 18.1 Å². The second kappa shape index (κ2) is 5.29. The van der Waals surface area contributed by atoms with Crippen LogP contribution in [0.1, 0.15) is 0 Å². The molecular weight excluding hydrogens is 322 g/mol.